The highest BCUT2D eigenvalue weighted by atomic mass is 32.1. The third kappa shape index (κ3) is 1.97. The molecule has 0 N–H and O–H groups in total. The molecular weight excluding hydrogens is 264 g/mol. The molecule has 0 saturated carbocycles. The molecule has 3 nitrogen and oxygen atoms in total. The first kappa shape index (κ1) is 11.8. The highest BCUT2D eigenvalue weighted by molar-refractivity contribution is 7.14. The molecule has 1 saturated heterocycles. The Morgan fingerprint density at radius 2 is 2.17 bits per heavy atom. The second-order valence-electron chi connectivity index (χ2n) is 4.32. The number of nitrogens with zero attached hydrogens (tertiary/aromatic N) is 2. The van der Waals surface area contributed by atoms with Gasteiger partial charge in [0.2, 0.25) is 0 Å². The van der Waals surface area contributed by atoms with Crippen LogP contribution in [-0.2, 0) is 10.2 Å². The standard InChI is InChI=1S/C13H12N2OS2/c14-9-13(3-5-16-6-4-13)12-15-10(8-18-12)11-2-1-7-17-11/h1-2,7-8H,3-6H2. The fraction of sp³-hybridized carbons (Fsp3) is 0.385. The van der Waals surface area contributed by atoms with E-state index < -0.39 is 5.41 Å². The third-order valence-electron chi connectivity index (χ3n) is 3.25. The van der Waals surface area contributed by atoms with Crippen LogP contribution in [0.4, 0.5) is 0 Å². The van der Waals surface area contributed by atoms with Crippen LogP contribution in [0.3, 0.4) is 0 Å². The van der Waals surface area contributed by atoms with Crippen LogP contribution in [0.15, 0.2) is 22.9 Å². The normalized spacial score (nSPS) is 18.4. The van der Waals surface area contributed by atoms with Gasteiger partial charge in [-0.3, -0.25) is 0 Å². The maximum Gasteiger partial charge on any atom is 0.114 e. The first-order valence-corrected chi connectivity index (χ1v) is 7.59. The predicted molar refractivity (Wildman–Crippen MR) is 72.8 cm³/mol. The van der Waals surface area contributed by atoms with Crippen molar-refractivity contribution in [3.05, 3.63) is 27.9 Å². The van der Waals surface area contributed by atoms with Gasteiger partial charge in [0.1, 0.15) is 10.4 Å². The van der Waals surface area contributed by atoms with Gasteiger partial charge in [-0.1, -0.05) is 6.07 Å². The lowest BCUT2D eigenvalue weighted by Crippen LogP contribution is -2.32. The zero-order valence-corrected chi connectivity index (χ0v) is 11.4. The van der Waals surface area contributed by atoms with Crippen LogP contribution in [0.25, 0.3) is 10.6 Å². The lowest BCUT2D eigenvalue weighted by Gasteiger charge is -2.28. The number of hydrogen-bond donors (Lipinski definition) is 0. The molecule has 18 heavy (non-hydrogen) atoms. The van der Waals surface area contributed by atoms with Gasteiger partial charge in [0.25, 0.3) is 0 Å². The minimum atomic E-state index is -0.432. The second kappa shape index (κ2) is 4.81. The van der Waals surface area contributed by atoms with E-state index in [1.807, 2.05) is 11.4 Å². The van der Waals surface area contributed by atoms with E-state index in [1.165, 1.54) is 0 Å². The molecule has 0 spiro atoms. The molecule has 3 rings (SSSR count). The van der Waals surface area contributed by atoms with E-state index in [-0.39, 0.29) is 0 Å². The number of ether oxygens (including phenoxy) is 1. The number of aromatic nitrogens is 1. The summed E-state index contributed by atoms with van der Waals surface area (Å²) in [6.45, 7) is 1.31. The molecule has 0 aromatic carbocycles. The largest absolute Gasteiger partial charge is 0.381 e. The highest BCUT2D eigenvalue weighted by Gasteiger charge is 2.37. The summed E-state index contributed by atoms with van der Waals surface area (Å²) in [5.74, 6) is 0. The first-order valence-electron chi connectivity index (χ1n) is 5.83. The molecule has 0 amide bonds. The van der Waals surface area contributed by atoms with Gasteiger partial charge in [-0.05, 0) is 24.3 Å². The molecular formula is C13H12N2OS2. The van der Waals surface area contributed by atoms with Crippen molar-refractivity contribution in [2.45, 2.75) is 18.3 Å². The average Bonchev–Trinajstić information content (AvgIpc) is 3.10. The van der Waals surface area contributed by atoms with Gasteiger partial charge in [-0.15, -0.1) is 22.7 Å². The lowest BCUT2D eigenvalue weighted by atomic mass is 9.82. The summed E-state index contributed by atoms with van der Waals surface area (Å²) in [4.78, 5) is 5.83. The highest BCUT2D eigenvalue weighted by Crippen LogP contribution is 2.38. The fourth-order valence-electron chi connectivity index (χ4n) is 2.12. The van der Waals surface area contributed by atoms with Crippen LogP contribution < -0.4 is 0 Å². The van der Waals surface area contributed by atoms with Crippen LogP contribution >= 0.6 is 22.7 Å². The molecule has 0 aliphatic carbocycles. The Morgan fingerprint density at radius 1 is 1.33 bits per heavy atom. The van der Waals surface area contributed by atoms with Crippen molar-refractivity contribution in [2.75, 3.05) is 13.2 Å². The first-order chi connectivity index (χ1) is 8.84. The van der Waals surface area contributed by atoms with Gasteiger partial charge < -0.3 is 4.74 Å². The molecule has 1 aliphatic rings. The van der Waals surface area contributed by atoms with Crippen molar-refractivity contribution in [2.24, 2.45) is 0 Å². The molecule has 92 valence electrons. The summed E-state index contributed by atoms with van der Waals surface area (Å²) in [7, 11) is 0. The maximum atomic E-state index is 9.50. The van der Waals surface area contributed by atoms with Gasteiger partial charge >= 0.3 is 0 Å². The fourth-order valence-corrected chi connectivity index (χ4v) is 3.91. The summed E-state index contributed by atoms with van der Waals surface area (Å²) >= 11 is 3.27. The topological polar surface area (TPSA) is 45.9 Å². The number of thiophene rings is 1. The number of thiazole rings is 1. The van der Waals surface area contributed by atoms with Crippen LogP contribution in [0.2, 0.25) is 0 Å². The van der Waals surface area contributed by atoms with Crippen LogP contribution in [0.1, 0.15) is 17.8 Å². The van der Waals surface area contributed by atoms with E-state index in [0.29, 0.717) is 13.2 Å². The van der Waals surface area contributed by atoms with E-state index in [0.717, 1.165) is 28.4 Å². The Kier molecular flexibility index (Phi) is 3.16. The molecule has 3 heterocycles. The Morgan fingerprint density at radius 3 is 2.83 bits per heavy atom. The van der Waals surface area contributed by atoms with E-state index in [9.17, 15) is 5.26 Å². The minimum Gasteiger partial charge on any atom is -0.381 e. The molecule has 0 bridgehead atoms. The lowest BCUT2D eigenvalue weighted by molar-refractivity contribution is 0.0675. The summed E-state index contributed by atoms with van der Waals surface area (Å²) < 4.78 is 5.35. The summed E-state index contributed by atoms with van der Waals surface area (Å²) in [5.41, 5.74) is 0.560. The number of nitriles is 1. The van der Waals surface area contributed by atoms with Gasteiger partial charge in [0.15, 0.2) is 0 Å². The van der Waals surface area contributed by atoms with Crippen molar-refractivity contribution in [3.8, 4) is 16.6 Å². The molecule has 0 radical (unpaired) electrons. The zero-order valence-electron chi connectivity index (χ0n) is 9.76. The van der Waals surface area contributed by atoms with E-state index in [2.05, 4.69) is 22.5 Å². The van der Waals surface area contributed by atoms with E-state index >= 15 is 0 Å². The summed E-state index contributed by atoms with van der Waals surface area (Å²) in [6.07, 6.45) is 1.50. The summed E-state index contributed by atoms with van der Waals surface area (Å²) in [5, 5.41) is 14.5. The van der Waals surface area contributed by atoms with Gasteiger partial charge in [0.05, 0.1) is 16.6 Å². The van der Waals surface area contributed by atoms with Crippen molar-refractivity contribution in [1.82, 2.24) is 4.98 Å². The minimum absolute atomic E-state index is 0.432. The molecule has 0 atom stereocenters. The molecule has 2 aromatic rings. The maximum absolute atomic E-state index is 9.50. The molecule has 2 aromatic heterocycles. The average molecular weight is 276 g/mol. The SMILES string of the molecule is N#CC1(c2nc(-c3cccs3)cs2)CCOCC1. The Bertz CT molecular complexity index is 562. The van der Waals surface area contributed by atoms with Gasteiger partial charge in [0, 0.05) is 18.6 Å². The molecule has 5 heteroatoms. The zero-order chi connectivity index (χ0) is 12.4. The third-order valence-corrected chi connectivity index (χ3v) is 5.19. The van der Waals surface area contributed by atoms with Crippen molar-refractivity contribution in [3.63, 3.8) is 0 Å². The van der Waals surface area contributed by atoms with Gasteiger partial charge in [-0.2, -0.15) is 5.26 Å². The smallest absolute Gasteiger partial charge is 0.114 e. The van der Waals surface area contributed by atoms with Crippen LogP contribution in [-0.4, -0.2) is 18.2 Å². The van der Waals surface area contributed by atoms with Crippen LogP contribution in [0.5, 0.6) is 0 Å². The Balaban J connectivity index is 1.95. The number of rotatable bonds is 2. The van der Waals surface area contributed by atoms with Crippen LogP contribution in [0, 0.1) is 11.3 Å². The van der Waals surface area contributed by atoms with Crippen molar-refractivity contribution < 1.29 is 4.74 Å². The van der Waals surface area contributed by atoms with E-state index in [4.69, 9.17) is 4.74 Å². The number of hydrogen-bond acceptors (Lipinski definition) is 5. The van der Waals surface area contributed by atoms with Crippen molar-refractivity contribution in [1.29, 1.82) is 5.26 Å². The predicted octanol–water partition coefficient (Wildman–Crippen LogP) is 3.44. The Labute approximate surface area is 114 Å². The Hall–Kier alpha value is -1.22. The quantitative estimate of drug-likeness (QED) is 0.844. The van der Waals surface area contributed by atoms with Gasteiger partial charge in [-0.25, -0.2) is 4.98 Å². The summed E-state index contributed by atoms with van der Waals surface area (Å²) in [6, 6.07) is 6.55. The molecule has 1 aliphatic heterocycles. The van der Waals surface area contributed by atoms with E-state index in [1.54, 1.807) is 22.7 Å². The molecule has 1 fully saturated rings. The monoisotopic (exact) mass is 276 g/mol. The molecule has 0 unspecified atom stereocenters. The second-order valence-corrected chi connectivity index (χ2v) is 6.13. The van der Waals surface area contributed by atoms with Crippen molar-refractivity contribution >= 4 is 22.7 Å².